The van der Waals surface area contributed by atoms with Gasteiger partial charge < -0.3 is 4.90 Å². The summed E-state index contributed by atoms with van der Waals surface area (Å²) in [6.07, 6.45) is 2.49. The summed E-state index contributed by atoms with van der Waals surface area (Å²) in [5.74, 6) is 0.481. The Morgan fingerprint density at radius 1 is 1.24 bits per heavy atom. The number of hydrogen-bond acceptors (Lipinski definition) is 2. The van der Waals surface area contributed by atoms with E-state index < -0.39 is 0 Å². The van der Waals surface area contributed by atoms with Crippen molar-refractivity contribution in [2.75, 3.05) is 18.0 Å². The molecule has 0 bridgehead atoms. The summed E-state index contributed by atoms with van der Waals surface area (Å²) in [6, 6.07) is 6.62. The molecule has 0 amide bonds. The number of rotatable bonds is 2. The van der Waals surface area contributed by atoms with Crippen molar-refractivity contribution in [1.29, 1.82) is 5.26 Å². The van der Waals surface area contributed by atoms with Crippen molar-refractivity contribution in [2.45, 2.75) is 39.5 Å². The number of nitrogens with zero attached hydrogens (tertiary/aromatic N) is 2. The molecule has 2 rings (SSSR count). The first kappa shape index (κ1) is 12.0. The number of anilines is 1. The minimum Gasteiger partial charge on any atom is -0.370 e. The minimum atomic E-state index is 0.481. The molecule has 1 aromatic rings. The van der Waals surface area contributed by atoms with Crippen LogP contribution in [0.25, 0.3) is 0 Å². The zero-order valence-electron chi connectivity index (χ0n) is 11.0. The fraction of sp³-hybridized carbons (Fsp3) is 0.533. The van der Waals surface area contributed by atoms with Gasteiger partial charge in [0.05, 0.1) is 11.3 Å². The SMILES string of the molecule is Cc1cc(N2CCCC2)c(C#N)cc1C(C)C. The quantitative estimate of drug-likeness (QED) is 0.773. The molecule has 1 saturated heterocycles. The van der Waals surface area contributed by atoms with Crippen molar-refractivity contribution in [3.05, 3.63) is 28.8 Å². The molecule has 90 valence electrons. The van der Waals surface area contributed by atoms with Gasteiger partial charge in [-0.3, -0.25) is 0 Å². The maximum absolute atomic E-state index is 9.30. The van der Waals surface area contributed by atoms with E-state index in [-0.39, 0.29) is 0 Å². The molecule has 1 heterocycles. The van der Waals surface area contributed by atoms with E-state index in [1.165, 1.54) is 24.0 Å². The van der Waals surface area contributed by atoms with E-state index in [4.69, 9.17) is 0 Å². The third kappa shape index (κ3) is 2.29. The van der Waals surface area contributed by atoms with E-state index in [9.17, 15) is 5.26 Å². The van der Waals surface area contributed by atoms with Gasteiger partial charge in [0.15, 0.2) is 0 Å². The highest BCUT2D eigenvalue weighted by Crippen LogP contribution is 2.30. The Morgan fingerprint density at radius 3 is 2.41 bits per heavy atom. The number of benzene rings is 1. The molecule has 1 aliphatic rings. The van der Waals surface area contributed by atoms with Gasteiger partial charge in [-0.1, -0.05) is 13.8 Å². The second-order valence-electron chi connectivity index (χ2n) is 5.19. The lowest BCUT2D eigenvalue weighted by molar-refractivity contribution is 0.853. The van der Waals surface area contributed by atoms with Gasteiger partial charge in [0.1, 0.15) is 6.07 Å². The monoisotopic (exact) mass is 228 g/mol. The van der Waals surface area contributed by atoms with Crippen molar-refractivity contribution >= 4 is 5.69 Å². The van der Waals surface area contributed by atoms with Crippen LogP contribution >= 0.6 is 0 Å². The van der Waals surface area contributed by atoms with Gasteiger partial charge in [0.2, 0.25) is 0 Å². The molecule has 1 fully saturated rings. The molecule has 0 radical (unpaired) electrons. The van der Waals surface area contributed by atoms with Gasteiger partial charge in [-0.05, 0) is 48.9 Å². The summed E-state index contributed by atoms with van der Waals surface area (Å²) in [5, 5.41) is 9.30. The number of aryl methyl sites for hydroxylation is 1. The van der Waals surface area contributed by atoms with Crippen molar-refractivity contribution in [3.63, 3.8) is 0 Å². The average molecular weight is 228 g/mol. The van der Waals surface area contributed by atoms with Gasteiger partial charge in [-0.2, -0.15) is 5.26 Å². The van der Waals surface area contributed by atoms with Gasteiger partial charge >= 0.3 is 0 Å². The summed E-state index contributed by atoms with van der Waals surface area (Å²) >= 11 is 0. The predicted molar refractivity (Wildman–Crippen MR) is 71.4 cm³/mol. The van der Waals surface area contributed by atoms with Gasteiger partial charge in [0, 0.05) is 13.1 Å². The van der Waals surface area contributed by atoms with Crippen LogP contribution in [0.15, 0.2) is 12.1 Å². The Bertz CT molecular complexity index is 449. The normalized spacial score (nSPS) is 15.4. The van der Waals surface area contributed by atoms with Gasteiger partial charge in [-0.25, -0.2) is 0 Å². The molecule has 0 saturated carbocycles. The van der Waals surface area contributed by atoms with Gasteiger partial charge in [-0.15, -0.1) is 0 Å². The zero-order valence-corrected chi connectivity index (χ0v) is 11.0. The molecule has 0 spiro atoms. The van der Waals surface area contributed by atoms with E-state index in [0.29, 0.717) is 5.92 Å². The fourth-order valence-electron chi connectivity index (χ4n) is 2.64. The summed E-state index contributed by atoms with van der Waals surface area (Å²) < 4.78 is 0. The summed E-state index contributed by atoms with van der Waals surface area (Å²) in [5.41, 5.74) is 4.57. The third-order valence-corrected chi connectivity index (χ3v) is 3.57. The van der Waals surface area contributed by atoms with E-state index in [1.54, 1.807) is 0 Å². The molecule has 2 nitrogen and oxygen atoms in total. The van der Waals surface area contributed by atoms with Gasteiger partial charge in [0.25, 0.3) is 0 Å². The Hall–Kier alpha value is -1.49. The molecule has 17 heavy (non-hydrogen) atoms. The van der Waals surface area contributed by atoms with Crippen molar-refractivity contribution in [2.24, 2.45) is 0 Å². The Kier molecular flexibility index (Phi) is 3.38. The van der Waals surface area contributed by atoms with E-state index in [2.05, 4.69) is 43.9 Å². The molecule has 1 aromatic carbocycles. The molecule has 0 unspecified atom stereocenters. The number of hydrogen-bond donors (Lipinski definition) is 0. The Morgan fingerprint density at radius 2 is 1.88 bits per heavy atom. The average Bonchev–Trinajstić information content (AvgIpc) is 2.81. The van der Waals surface area contributed by atoms with Crippen LogP contribution in [0, 0.1) is 18.3 Å². The Labute approximate surface area is 104 Å². The maximum Gasteiger partial charge on any atom is 0.101 e. The van der Waals surface area contributed by atoms with Crippen molar-refractivity contribution < 1.29 is 0 Å². The lowest BCUT2D eigenvalue weighted by Gasteiger charge is -2.21. The smallest absolute Gasteiger partial charge is 0.101 e. The predicted octanol–water partition coefficient (Wildman–Crippen LogP) is 3.59. The zero-order chi connectivity index (χ0) is 12.4. The van der Waals surface area contributed by atoms with E-state index in [0.717, 1.165) is 24.3 Å². The lowest BCUT2D eigenvalue weighted by atomic mass is 9.94. The summed E-state index contributed by atoms with van der Waals surface area (Å²) in [4.78, 5) is 2.34. The van der Waals surface area contributed by atoms with Crippen molar-refractivity contribution in [3.8, 4) is 6.07 Å². The van der Waals surface area contributed by atoms with Crippen LogP contribution in [0.3, 0.4) is 0 Å². The summed E-state index contributed by atoms with van der Waals surface area (Å²) in [6.45, 7) is 8.69. The molecule has 0 aliphatic carbocycles. The second-order valence-corrected chi connectivity index (χ2v) is 5.19. The fourth-order valence-corrected chi connectivity index (χ4v) is 2.64. The lowest BCUT2D eigenvalue weighted by Crippen LogP contribution is -2.19. The molecule has 2 heteroatoms. The molecular formula is C15H20N2. The topological polar surface area (TPSA) is 27.0 Å². The van der Waals surface area contributed by atoms with E-state index in [1.807, 2.05) is 0 Å². The maximum atomic E-state index is 9.30. The van der Waals surface area contributed by atoms with Crippen LogP contribution in [-0.2, 0) is 0 Å². The summed E-state index contributed by atoms with van der Waals surface area (Å²) in [7, 11) is 0. The van der Waals surface area contributed by atoms with Crippen LogP contribution in [-0.4, -0.2) is 13.1 Å². The van der Waals surface area contributed by atoms with Crippen LogP contribution in [0.4, 0.5) is 5.69 Å². The Balaban J connectivity index is 2.46. The van der Waals surface area contributed by atoms with Crippen LogP contribution in [0.2, 0.25) is 0 Å². The largest absolute Gasteiger partial charge is 0.370 e. The first-order valence-electron chi connectivity index (χ1n) is 6.43. The molecule has 1 aliphatic heterocycles. The molecule has 0 N–H and O–H groups in total. The van der Waals surface area contributed by atoms with Crippen LogP contribution < -0.4 is 4.90 Å². The molecule has 0 aromatic heterocycles. The van der Waals surface area contributed by atoms with Crippen LogP contribution in [0.5, 0.6) is 0 Å². The second kappa shape index (κ2) is 4.79. The standard InChI is InChI=1S/C15H20N2/c1-11(2)14-9-13(10-16)15(8-12(14)3)17-6-4-5-7-17/h8-9,11H,4-7H2,1-3H3. The molecular weight excluding hydrogens is 208 g/mol. The highest BCUT2D eigenvalue weighted by Gasteiger charge is 2.17. The highest BCUT2D eigenvalue weighted by atomic mass is 15.1. The minimum absolute atomic E-state index is 0.481. The molecule has 0 atom stereocenters. The number of nitriles is 1. The van der Waals surface area contributed by atoms with Crippen molar-refractivity contribution in [1.82, 2.24) is 0 Å². The first-order chi connectivity index (χ1) is 8.13. The van der Waals surface area contributed by atoms with Crippen LogP contribution in [0.1, 0.15) is 49.3 Å². The third-order valence-electron chi connectivity index (χ3n) is 3.57. The highest BCUT2D eigenvalue weighted by molar-refractivity contribution is 5.63. The van der Waals surface area contributed by atoms with E-state index >= 15 is 0 Å². The first-order valence-corrected chi connectivity index (χ1v) is 6.43.